The number of rotatable bonds is 8. The molecule has 0 spiro atoms. The molecule has 2 aromatic rings. The van der Waals surface area contributed by atoms with Crippen LogP contribution < -0.4 is 5.32 Å². The number of aromatic nitrogens is 1. The Morgan fingerprint density at radius 1 is 1.28 bits per heavy atom. The maximum absolute atomic E-state index is 4.94. The third kappa shape index (κ3) is 6.66. The standard InChI is InChI=1S/C20H32N6OS.HI/c1-4-25(5-2)19(17-7-13-28-16-17)14-22-20(21-3)26-10-8-24(9-11-26)15-18-6-12-27-23-18;/h6-7,12-13,16,19H,4-5,8-11,14-15H2,1-3H3,(H,21,22);1H. The van der Waals surface area contributed by atoms with Crippen LogP contribution in [0.25, 0.3) is 0 Å². The maximum Gasteiger partial charge on any atom is 0.193 e. The molecule has 0 saturated carbocycles. The number of likely N-dealkylation sites (N-methyl/N-ethyl adjacent to an activating group) is 1. The van der Waals surface area contributed by atoms with Crippen molar-refractivity contribution in [1.29, 1.82) is 0 Å². The normalized spacial score (nSPS) is 16.7. The predicted molar refractivity (Wildman–Crippen MR) is 130 cm³/mol. The van der Waals surface area contributed by atoms with E-state index in [1.54, 1.807) is 17.6 Å². The van der Waals surface area contributed by atoms with E-state index in [2.05, 4.69) is 60.8 Å². The number of halogens is 1. The van der Waals surface area contributed by atoms with Gasteiger partial charge in [0.1, 0.15) is 6.26 Å². The minimum atomic E-state index is 0. The van der Waals surface area contributed by atoms with Gasteiger partial charge in [-0.2, -0.15) is 11.3 Å². The molecular weight excluding hydrogens is 499 g/mol. The topological polar surface area (TPSA) is 60.1 Å². The molecule has 0 aliphatic carbocycles. The fraction of sp³-hybridized carbons (Fsp3) is 0.600. The molecule has 1 fully saturated rings. The summed E-state index contributed by atoms with van der Waals surface area (Å²) in [4.78, 5) is 11.8. The second-order valence-corrected chi connectivity index (χ2v) is 7.76. The first-order chi connectivity index (χ1) is 13.7. The van der Waals surface area contributed by atoms with Crippen molar-refractivity contribution in [3.8, 4) is 0 Å². The first kappa shape index (κ1) is 24.1. The maximum atomic E-state index is 4.94. The van der Waals surface area contributed by atoms with Crippen molar-refractivity contribution >= 4 is 41.3 Å². The van der Waals surface area contributed by atoms with Crippen LogP contribution in [0.3, 0.4) is 0 Å². The Morgan fingerprint density at radius 3 is 2.59 bits per heavy atom. The summed E-state index contributed by atoms with van der Waals surface area (Å²) < 4.78 is 4.94. The van der Waals surface area contributed by atoms with Crippen molar-refractivity contribution in [2.45, 2.75) is 26.4 Å². The summed E-state index contributed by atoms with van der Waals surface area (Å²) >= 11 is 1.76. The van der Waals surface area contributed by atoms with Gasteiger partial charge in [-0.15, -0.1) is 24.0 Å². The Kier molecular flexibility index (Phi) is 10.4. The van der Waals surface area contributed by atoms with Gasteiger partial charge in [0.2, 0.25) is 0 Å². The minimum absolute atomic E-state index is 0. The van der Waals surface area contributed by atoms with E-state index >= 15 is 0 Å². The average Bonchev–Trinajstić information content (AvgIpc) is 3.43. The van der Waals surface area contributed by atoms with Crippen LogP contribution in [0.5, 0.6) is 0 Å². The van der Waals surface area contributed by atoms with Crippen LogP contribution >= 0.6 is 35.3 Å². The zero-order chi connectivity index (χ0) is 19.8. The summed E-state index contributed by atoms with van der Waals surface area (Å²) in [5, 5.41) is 12.1. The van der Waals surface area contributed by atoms with Crippen LogP contribution in [0, 0.1) is 0 Å². The largest absolute Gasteiger partial charge is 0.364 e. The number of hydrogen-bond donors (Lipinski definition) is 1. The molecule has 3 rings (SSSR count). The van der Waals surface area contributed by atoms with Gasteiger partial charge in [0.25, 0.3) is 0 Å². The van der Waals surface area contributed by atoms with Crippen molar-refractivity contribution in [1.82, 2.24) is 25.2 Å². The lowest BCUT2D eigenvalue weighted by molar-refractivity contribution is 0.167. The first-order valence-corrected chi connectivity index (χ1v) is 11.0. The Hall–Kier alpha value is -1.17. The van der Waals surface area contributed by atoms with Crippen molar-refractivity contribution in [3.63, 3.8) is 0 Å². The van der Waals surface area contributed by atoms with Crippen molar-refractivity contribution in [3.05, 3.63) is 40.4 Å². The molecule has 162 valence electrons. The fourth-order valence-electron chi connectivity index (χ4n) is 3.77. The number of aliphatic imine (C=N–C) groups is 1. The van der Waals surface area contributed by atoms with Gasteiger partial charge in [-0.3, -0.25) is 14.8 Å². The van der Waals surface area contributed by atoms with Crippen LogP contribution in [-0.2, 0) is 6.54 Å². The molecule has 3 heterocycles. The predicted octanol–water partition coefficient (Wildman–Crippen LogP) is 3.13. The van der Waals surface area contributed by atoms with Gasteiger partial charge in [0.05, 0.1) is 11.7 Å². The average molecular weight is 532 g/mol. The van der Waals surface area contributed by atoms with E-state index in [1.807, 2.05) is 13.1 Å². The monoisotopic (exact) mass is 532 g/mol. The highest BCUT2D eigenvalue weighted by Gasteiger charge is 2.23. The van der Waals surface area contributed by atoms with E-state index < -0.39 is 0 Å². The van der Waals surface area contributed by atoms with E-state index in [9.17, 15) is 0 Å². The molecule has 9 heteroatoms. The second kappa shape index (κ2) is 12.5. The third-order valence-corrected chi connectivity index (χ3v) is 6.10. The molecule has 1 aliphatic heterocycles. The van der Waals surface area contributed by atoms with E-state index in [0.29, 0.717) is 6.04 Å². The zero-order valence-corrected chi connectivity index (χ0v) is 20.7. The Morgan fingerprint density at radius 2 is 2.03 bits per heavy atom. The lowest BCUT2D eigenvalue weighted by atomic mass is 10.1. The van der Waals surface area contributed by atoms with E-state index in [-0.39, 0.29) is 24.0 Å². The molecule has 0 bridgehead atoms. The lowest BCUT2D eigenvalue weighted by Gasteiger charge is -2.37. The van der Waals surface area contributed by atoms with Gasteiger partial charge in [0, 0.05) is 52.4 Å². The van der Waals surface area contributed by atoms with Gasteiger partial charge < -0.3 is 14.7 Å². The highest BCUT2D eigenvalue weighted by Crippen LogP contribution is 2.22. The van der Waals surface area contributed by atoms with Gasteiger partial charge in [-0.05, 0) is 35.5 Å². The van der Waals surface area contributed by atoms with Crippen LogP contribution in [0.2, 0.25) is 0 Å². The summed E-state index contributed by atoms with van der Waals surface area (Å²) in [6.07, 6.45) is 1.64. The van der Waals surface area contributed by atoms with Crippen LogP contribution in [0.1, 0.15) is 31.1 Å². The Labute approximate surface area is 195 Å². The molecule has 0 aromatic carbocycles. The van der Waals surface area contributed by atoms with Crippen molar-refractivity contribution < 1.29 is 4.52 Å². The van der Waals surface area contributed by atoms with E-state index in [1.165, 1.54) is 5.56 Å². The summed E-state index contributed by atoms with van der Waals surface area (Å²) in [6, 6.07) is 4.54. The number of guanidine groups is 1. The van der Waals surface area contributed by atoms with Crippen LogP contribution in [0.4, 0.5) is 0 Å². The number of hydrogen-bond acceptors (Lipinski definition) is 6. The molecule has 1 aliphatic rings. The Balaban J connectivity index is 0.00000300. The summed E-state index contributed by atoms with van der Waals surface area (Å²) in [7, 11) is 1.88. The highest BCUT2D eigenvalue weighted by molar-refractivity contribution is 14.0. The Bertz CT molecular complexity index is 697. The van der Waals surface area contributed by atoms with E-state index in [0.717, 1.165) is 64.0 Å². The molecule has 7 nitrogen and oxygen atoms in total. The zero-order valence-electron chi connectivity index (χ0n) is 17.6. The third-order valence-electron chi connectivity index (χ3n) is 5.40. The molecule has 1 atom stereocenters. The van der Waals surface area contributed by atoms with Gasteiger partial charge in [0.15, 0.2) is 5.96 Å². The minimum Gasteiger partial charge on any atom is -0.364 e. The summed E-state index contributed by atoms with van der Waals surface area (Å²) in [6.45, 7) is 12.2. The molecular formula is C20H33IN6OS. The highest BCUT2D eigenvalue weighted by atomic mass is 127. The fourth-order valence-corrected chi connectivity index (χ4v) is 4.48. The molecule has 2 aromatic heterocycles. The van der Waals surface area contributed by atoms with Gasteiger partial charge in [-0.25, -0.2) is 0 Å². The number of piperazine rings is 1. The second-order valence-electron chi connectivity index (χ2n) is 6.98. The SMILES string of the molecule is CCN(CC)C(CNC(=NC)N1CCN(Cc2ccon2)CC1)c1ccsc1.I. The molecule has 1 N–H and O–H groups in total. The van der Waals surface area contributed by atoms with Gasteiger partial charge >= 0.3 is 0 Å². The smallest absolute Gasteiger partial charge is 0.193 e. The summed E-state index contributed by atoms with van der Waals surface area (Å²) in [5.41, 5.74) is 2.38. The molecule has 0 radical (unpaired) electrons. The van der Waals surface area contributed by atoms with Crippen molar-refractivity contribution in [2.75, 3.05) is 52.9 Å². The lowest BCUT2D eigenvalue weighted by Crippen LogP contribution is -2.53. The molecule has 1 saturated heterocycles. The molecule has 1 unspecified atom stereocenters. The van der Waals surface area contributed by atoms with Crippen LogP contribution in [0.15, 0.2) is 38.7 Å². The van der Waals surface area contributed by atoms with Gasteiger partial charge in [-0.1, -0.05) is 19.0 Å². The number of thiophene rings is 1. The first-order valence-electron chi connectivity index (χ1n) is 10.1. The number of nitrogens with zero attached hydrogens (tertiary/aromatic N) is 5. The molecule has 29 heavy (non-hydrogen) atoms. The summed E-state index contributed by atoms with van der Waals surface area (Å²) in [5.74, 6) is 0.994. The van der Waals surface area contributed by atoms with Crippen molar-refractivity contribution in [2.24, 2.45) is 4.99 Å². The quantitative estimate of drug-likeness (QED) is 0.321. The molecule has 0 amide bonds. The number of nitrogens with one attached hydrogen (secondary N) is 1. The van der Waals surface area contributed by atoms with E-state index in [4.69, 9.17) is 4.52 Å². The van der Waals surface area contributed by atoms with Crippen LogP contribution in [-0.4, -0.2) is 78.7 Å².